The Morgan fingerprint density at radius 3 is 1.48 bits per heavy atom. The highest BCUT2D eigenvalue weighted by Gasteiger charge is 2.32. The zero-order valence-corrected chi connectivity index (χ0v) is 24.4. The highest BCUT2D eigenvalue weighted by Crippen LogP contribution is 2.32. The van der Waals surface area contributed by atoms with Gasteiger partial charge in [0.25, 0.3) is 0 Å². The molecule has 7 nitrogen and oxygen atoms in total. The van der Waals surface area contributed by atoms with Gasteiger partial charge in [0.05, 0.1) is 6.61 Å². The van der Waals surface area contributed by atoms with Crippen LogP contribution in [0.4, 0.5) is 8.78 Å². The van der Waals surface area contributed by atoms with Crippen molar-refractivity contribution in [1.29, 1.82) is 0 Å². The lowest BCUT2D eigenvalue weighted by Gasteiger charge is -2.31. The van der Waals surface area contributed by atoms with Gasteiger partial charge in [0, 0.05) is 33.3 Å². The lowest BCUT2D eigenvalue weighted by atomic mass is 9.83. The first-order valence-corrected chi connectivity index (χ1v) is 13.2. The van der Waals surface area contributed by atoms with Gasteiger partial charge in [0.2, 0.25) is 0 Å². The van der Waals surface area contributed by atoms with E-state index in [1.807, 2.05) is 6.92 Å². The van der Waals surface area contributed by atoms with Crippen molar-refractivity contribution in [3.63, 3.8) is 0 Å². The molecule has 0 aliphatic carbocycles. The van der Waals surface area contributed by atoms with Gasteiger partial charge >= 0.3 is 17.9 Å². The molecule has 0 atom stereocenters. The molecule has 0 radical (unpaired) electrons. The Bertz CT molecular complexity index is 1330. The van der Waals surface area contributed by atoms with Gasteiger partial charge in [-0.15, -0.1) is 0 Å². The summed E-state index contributed by atoms with van der Waals surface area (Å²) < 4.78 is 51.4. The van der Waals surface area contributed by atoms with E-state index in [1.165, 1.54) is 69.3 Å². The first-order chi connectivity index (χ1) is 19.8. The molecule has 0 fully saturated rings. The van der Waals surface area contributed by atoms with Crippen LogP contribution >= 0.6 is 0 Å². The first-order valence-electron chi connectivity index (χ1n) is 13.2. The summed E-state index contributed by atoms with van der Waals surface area (Å²) in [6.45, 7) is 17.2. The van der Waals surface area contributed by atoms with Gasteiger partial charge < -0.3 is 18.9 Å². The Balaban J connectivity index is 2.09. The minimum atomic E-state index is -1.08. The number of hydrogen-bond donors (Lipinski definition) is 0. The highest BCUT2D eigenvalue weighted by atomic mass is 19.2. The molecule has 42 heavy (non-hydrogen) atoms. The number of carbonyl (C=O) groups is 3. The van der Waals surface area contributed by atoms with Gasteiger partial charge in [-0.1, -0.05) is 26.7 Å². The predicted molar refractivity (Wildman–Crippen MR) is 157 cm³/mol. The Morgan fingerprint density at radius 1 is 0.690 bits per heavy atom. The van der Waals surface area contributed by atoms with E-state index in [1.54, 1.807) is 0 Å². The van der Waals surface area contributed by atoms with Crippen molar-refractivity contribution < 1.29 is 42.1 Å². The van der Waals surface area contributed by atoms with Gasteiger partial charge in [-0.2, -0.15) is 0 Å². The molecule has 0 amide bonds. The number of hydrogen-bond acceptors (Lipinski definition) is 7. The Morgan fingerprint density at radius 2 is 1.10 bits per heavy atom. The molecular weight excluding hydrogens is 546 g/mol. The fraction of sp³-hybridized carbons (Fsp3) is 0.303. The fourth-order valence-electron chi connectivity index (χ4n) is 3.45. The van der Waals surface area contributed by atoms with E-state index in [2.05, 4.69) is 19.7 Å². The van der Waals surface area contributed by atoms with Crippen molar-refractivity contribution in [3.8, 4) is 11.5 Å². The number of halogens is 2. The van der Waals surface area contributed by atoms with E-state index < -0.39 is 35.0 Å². The van der Waals surface area contributed by atoms with Crippen LogP contribution in [0.2, 0.25) is 0 Å². The molecule has 2 aromatic carbocycles. The average Bonchev–Trinajstić information content (AvgIpc) is 2.97. The Kier molecular flexibility index (Phi) is 12.4. The number of rotatable bonds is 15. The van der Waals surface area contributed by atoms with Gasteiger partial charge in [0.1, 0.15) is 24.7 Å². The quantitative estimate of drug-likeness (QED) is 0.0940. The van der Waals surface area contributed by atoms with Crippen LogP contribution in [-0.2, 0) is 23.9 Å². The molecule has 2 rings (SSSR count). The van der Waals surface area contributed by atoms with Crippen molar-refractivity contribution in [3.05, 3.63) is 96.1 Å². The molecule has 0 spiro atoms. The number of ether oxygens (including phenoxy) is 4. The molecular formula is C33H36F2O7. The molecule has 2 aromatic rings. The summed E-state index contributed by atoms with van der Waals surface area (Å²) in [5.41, 5.74) is -0.0609. The lowest BCUT2D eigenvalue weighted by Crippen LogP contribution is -2.35. The monoisotopic (exact) mass is 582 g/mol. The van der Waals surface area contributed by atoms with E-state index >= 15 is 0 Å². The van der Waals surface area contributed by atoms with E-state index in [-0.39, 0.29) is 53.4 Å². The van der Waals surface area contributed by atoms with Crippen LogP contribution in [0.5, 0.6) is 11.5 Å². The molecule has 0 heterocycles. The molecule has 0 bridgehead atoms. The summed E-state index contributed by atoms with van der Waals surface area (Å²) in [6, 6.07) is 11.1. The lowest BCUT2D eigenvalue weighted by molar-refractivity contribution is -0.150. The van der Waals surface area contributed by atoms with Crippen LogP contribution in [0.1, 0.15) is 51.7 Å². The Hall–Kier alpha value is -4.53. The van der Waals surface area contributed by atoms with Crippen LogP contribution in [-0.4, -0.2) is 37.7 Å². The predicted octanol–water partition coefficient (Wildman–Crippen LogP) is 7.34. The van der Waals surface area contributed by atoms with Crippen molar-refractivity contribution in [2.24, 2.45) is 5.41 Å². The van der Waals surface area contributed by atoms with E-state index in [4.69, 9.17) is 18.9 Å². The van der Waals surface area contributed by atoms with Crippen molar-refractivity contribution in [2.45, 2.75) is 40.5 Å². The normalized spacial score (nSPS) is 11.6. The zero-order valence-electron chi connectivity index (χ0n) is 24.4. The number of benzene rings is 2. The summed E-state index contributed by atoms with van der Waals surface area (Å²) in [5.74, 6) is -3.31. The van der Waals surface area contributed by atoms with Crippen LogP contribution in [0.25, 0.3) is 11.7 Å². The third-order valence-corrected chi connectivity index (χ3v) is 6.33. The second-order valence-electron chi connectivity index (χ2n) is 10.0. The summed E-state index contributed by atoms with van der Waals surface area (Å²) in [4.78, 5) is 35.6. The van der Waals surface area contributed by atoms with Gasteiger partial charge in [-0.3, -0.25) is 0 Å². The molecule has 0 aromatic heterocycles. The Labute approximate surface area is 245 Å². The minimum absolute atomic E-state index is 0.000967. The maximum atomic E-state index is 14.9. The van der Waals surface area contributed by atoms with Crippen molar-refractivity contribution in [1.82, 2.24) is 0 Å². The summed E-state index contributed by atoms with van der Waals surface area (Å²) in [6.07, 6.45) is 0.869. The smallest absolute Gasteiger partial charge is 0.338 e. The molecule has 0 aliphatic heterocycles. The second-order valence-corrected chi connectivity index (χ2v) is 10.0. The standard InChI is InChI=1S/C33H36F2O7/c1-8-33(19-40-30(36)21(2)3,20-41-31(37)22(4)5)17-18-39-26-13-9-24(10-14-26)28(34)29(35)25-11-15-27(16-12-25)42-32(38)23(6)7/h9-16H,2,4,6,8,17-20H2,1,3,5,7H3/b29-28+. The SMILES string of the molecule is C=C(C)C(=O)OCC(CC)(CCOc1ccc(/C(F)=C(\F)c2ccc(OC(=O)C(=C)C)cc2)cc1)COC(=O)C(=C)C. The largest absolute Gasteiger partial charge is 0.494 e. The van der Waals surface area contributed by atoms with Crippen molar-refractivity contribution >= 4 is 29.6 Å². The maximum Gasteiger partial charge on any atom is 0.338 e. The zero-order chi connectivity index (χ0) is 31.4. The van der Waals surface area contributed by atoms with E-state index in [9.17, 15) is 23.2 Å². The first kappa shape index (κ1) is 33.7. The van der Waals surface area contributed by atoms with Gasteiger partial charge in [-0.05, 0) is 82.1 Å². The molecule has 0 N–H and O–H groups in total. The molecule has 9 heteroatoms. The van der Waals surface area contributed by atoms with E-state index in [0.717, 1.165) is 0 Å². The van der Waals surface area contributed by atoms with Crippen LogP contribution < -0.4 is 9.47 Å². The van der Waals surface area contributed by atoms with Gasteiger partial charge in [-0.25, -0.2) is 23.2 Å². The van der Waals surface area contributed by atoms with Crippen molar-refractivity contribution in [2.75, 3.05) is 19.8 Å². The summed E-state index contributed by atoms with van der Waals surface area (Å²) in [7, 11) is 0. The van der Waals surface area contributed by atoms with Crippen LogP contribution in [0.15, 0.2) is 85.0 Å². The van der Waals surface area contributed by atoms with Gasteiger partial charge in [0.15, 0.2) is 11.7 Å². The van der Waals surface area contributed by atoms with E-state index in [0.29, 0.717) is 18.6 Å². The molecule has 0 saturated heterocycles. The molecule has 0 saturated carbocycles. The fourth-order valence-corrected chi connectivity index (χ4v) is 3.45. The topological polar surface area (TPSA) is 88.1 Å². The average molecular weight is 583 g/mol. The molecule has 0 aliphatic rings. The van der Waals surface area contributed by atoms with Crippen LogP contribution in [0, 0.1) is 5.41 Å². The molecule has 0 unspecified atom stereocenters. The number of esters is 3. The van der Waals surface area contributed by atoms with Crippen LogP contribution in [0.3, 0.4) is 0 Å². The highest BCUT2D eigenvalue weighted by molar-refractivity contribution is 5.89. The minimum Gasteiger partial charge on any atom is -0.494 e. The second kappa shape index (κ2) is 15.5. The third-order valence-electron chi connectivity index (χ3n) is 6.33. The summed E-state index contributed by atoms with van der Waals surface area (Å²) in [5, 5.41) is 0. The molecule has 224 valence electrons. The number of carbonyl (C=O) groups excluding carboxylic acids is 3. The summed E-state index contributed by atoms with van der Waals surface area (Å²) >= 11 is 0. The third kappa shape index (κ3) is 9.83. The maximum absolute atomic E-state index is 14.9.